The Bertz CT molecular complexity index is 170. The zero-order chi connectivity index (χ0) is 11.3. The number of nitrogens with one attached hydrogen (secondary N) is 1. The highest BCUT2D eigenvalue weighted by Gasteiger charge is 2.31. The Morgan fingerprint density at radius 2 is 1.93 bits per heavy atom. The lowest BCUT2D eigenvalue weighted by Gasteiger charge is -2.39. The van der Waals surface area contributed by atoms with E-state index < -0.39 is 0 Å². The minimum atomic E-state index is 0.463. The summed E-state index contributed by atoms with van der Waals surface area (Å²) in [4.78, 5) is 0. The molecule has 0 spiro atoms. The van der Waals surface area contributed by atoms with Crippen molar-refractivity contribution in [3.63, 3.8) is 0 Å². The summed E-state index contributed by atoms with van der Waals surface area (Å²) in [6.45, 7) is 10.6. The first-order chi connectivity index (χ1) is 7.10. The van der Waals surface area contributed by atoms with Gasteiger partial charge in [-0.3, -0.25) is 0 Å². The molecular formula is C14H29N. The second-order valence-corrected chi connectivity index (χ2v) is 5.88. The molecule has 0 amide bonds. The zero-order valence-corrected chi connectivity index (χ0v) is 11.1. The fourth-order valence-electron chi connectivity index (χ4n) is 2.31. The van der Waals surface area contributed by atoms with E-state index in [1.807, 2.05) is 0 Å². The van der Waals surface area contributed by atoms with E-state index in [4.69, 9.17) is 0 Å². The van der Waals surface area contributed by atoms with Gasteiger partial charge < -0.3 is 5.32 Å². The molecule has 1 saturated carbocycles. The van der Waals surface area contributed by atoms with Gasteiger partial charge in [0.25, 0.3) is 0 Å². The third-order valence-electron chi connectivity index (χ3n) is 4.29. The second kappa shape index (κ2) is 5.89. The molecule has 0 aromatic rings. The van der Waals surface area contributed by atoms with Gasteiger partial charge in [0.05, 0.1) is 0 Å². The Hall–Kier alpha value is -0.0400. The maximum Gasteiger partial charge on any atom is 0.0121 e. The minimum Gasteiger partial charge on any atom is -0.313 e. The minimum absolute atomic E-state index is 0.463. The van der Waals surface area contributed by atoms with Crippen molar-refractivity contribution in [3.05, 3.63) is 0 Å². The van der Waals surface area contributed by atoms with Crippen LogP contribution in [-0.4, -0.2) is 12.6 Å². The summed E-state index contributed by atoms with van der Waals surface area (Å²) >= 11 is 0. The van der Waals surface area contributed by atoms with Crippen molar-refractivity contribution in [1.29, 1.82) is 0 Å². The van der Waals surface area contributed by atoms with Crippen LogP contribution in [0, 0.1) is 11.3 Å². The van der Waals surface area contributed by atoms with Gasteiger partial charge in [-0.1, -0.05) is 47.0 Å². The highest BCUT2D eigenvalue weighted by Crippen LogP contribution is 2.36. The molecule has 90 valence electrons. The molecule has 15 heavy (non-hydrogen) atoms. The van der Waals surface area contributed by atoms with Gasteiger partial charge in [0.15, 0.2) is 0 Å². The highest BCUT2D eigenvalue weighted by atomic mass is 14.9. The molecule has 1 unspecified atom stereocenters. The molecule has 1 nitrogen and oxygen atoms in total. The summed E-state index contributed by atoms with van der Waals surface area (Å²) in [5.41, 5.74) is 0.463. The molecule has 1 aliphatic carbocycles. The predicted molar refractivity (Wildman–Crippen MR) is 68.1 cm³/mol. The quantitative estimate of drug-likeness (QED) is 0.671. The first kappa shape index (κ1) is 13.0. The molecule has 0 saturated heterocycles. The summed E-state index contributed by atoms with van der Waals surface area (Å²) < 4.78 is 0. The monoisotopic (exact) mass is 211 g/mol. The van der Waals surface area contributed by atoms with Crippen molar-refractivity contribution < 1.29 is 0 Å². The summed E-state index contributed by atoms with van der Waals surface area (Å²) in [7, 11) is 0. The number of hydrogen-bond acceptors (Lipinski definition) is 1. The predicted octanol–water partition coefficient (Wildman–Crippen LogP) is 3.98. The average molecular weight is 211 g/mol. The molecule has 0 aliphatic heterocycles. The molecule has 0 heterocycles. The molecule has 0 radical (unpaired) electrons. The Morgan fingerprint density at radius 1 is 1.27 bits per heavy atom. The smallest absolute Gasteiger partial charge is 0.0121 e. The molecule has 0 bridgehead atoms. The van der Waals surface area contributed by atoms with Gasteiger partial charge >= 0.3 is 0 Å². The first-order valence-corrected chi connectivity index (χ1v) is 6.83. The van der Waals surface area contributed by atoms with Gasteiger partial charge in [0.1, 0.15) is 0 Å². The van der Waals surface area contributed by atoms with Crippen LogP contribution in [0.3, 0.4) is 0 Å². The second-order valence-electron chi connectivity index (χ2n) is 5.88. The fraction of sp³-hybridized carbons (Fsp3) is 1.00. The van der Waals surface area contributed by atoms with E-state index in [9.17, 15) is 0 Å². The molecule has 1 rings (SSSR count). The lowest BCUT2D eigenvalue weighted by atomic mass is 9.72. The lowest BCUT2D eigenvalue weighted by molar-refractivity contribution is 0.164. The van der Waals surface area contributed by atoms with E-state index in [1.165, 1.54) is 45.1 Å². The van der Waals surface area contributed by atoms with Gasteiger partial charge in [0, 0.05) is 6.04 Å². The Labute approximate surface area is 96.0 Å². The molecule has 1 aliphatic rings. The van der Waals surface area contributed by atoms with Crippen LogP contribution < -0.4 is 5.32 Å². The molecular weight excluding hydrogens is 182 g/mol. The molecule has 1 fully saturated rings. The van der Waals surface area contributed by atoms with Gasteiger partial charge in [-0.05, 0) is 37.1 Å². The van der Waals surface area contributed by atoms with Gasteiger partial charge in [0.2, 0.25) is 0 Å². The van der Waals surface area contributed by atoms with Crippen LogP contribution in [0.4, 0.5) is 0 Å². The van der Waals surface area contributed by atoms with E-state index in [1.54, 1.807) is 0 Å². The lowest BCUT2D eigenvalue weighted by Crippen LogP contribution is -2.44. The van der Waals surface area contributed by atoms with Crippen LogP contribution in [0.15, 0.2) is 0 Å². The summed E-state index contributed by atoms with van der Waals surface area (Å²) in [5.74, 6) is 1.02. The third kappa shape index (κ3) is 3.79. The van der Waals surface area contributed by atoms with E-state index in [0.717, 1.165) is 12.0 Å². The van der Waals surface area contributed by atoms with Crippen LogP contribution in [-0.2, 0) is 0 Å². The maximum atomic E-state index is 3.76. The van der Waals surface area contributed by atoms with E-state index >= 15 is 0 Å². The van der Waals surface area contributed by atoms with E-state index in [2.05, 4.69) is 33.0 Å². The number of rotatable bonds is 7. The summed E-state index contributed by atoms with van der Waals surface area (Å²) in [6.07, 6.45) is 8.36. The molecule has 0 aromatic carbocycles. The molecule has 1 atom stereocenters. The Kier molecular flexibility index (Phi) is 5.11. The number of hydrogen-bond donors (Lipinski definition) is 1. The molecule has 1 heteroatoms. The van der Waals surface area contributed by atoms with Gasteiger partial charge in [-0.15, -0.1) is 0 Å². The third-order valence-corrected chi connectivity index (χ3v) is 4.29. The van der Waals surface area contributed by atoms with Gasteiger partial charge in [-0.2, -0.15) is 0 Å². The summed E-state index contributed by atoms with van der Waals surface area (Å²) in [5, 5.41) is 3.76. The zero-order valence-electron chi connectivity index (χ0n) is 11.1. The van der Waals surface area contributed by atoms with Crippen LogP contribution in [0.25, 0.3) is 0 Å². The molecule has 1 N–H and O–H groups in total. The Balaban J connectivity index is 2.43. The van der Waals surface area contributed by atoms with Crippen molar-refractivity contribution in [2.24, 2.45) is 11.3 Å². The Morgan fingerprint density at radius 3 is 2.33 bits per heavy atom. The highest BCUT2D eigenvalue weighted by molar-refractivity contribution is 4.87. The van der Waals surface area contributed by atoms with Crippen LogP contribution in [0.1, 0.15) is 66.2 Å². The summed E-state index contributed by atoms with van der Waals surface area (Å²) in [6, 6.07) is 0.729. The normalized spacial score (nSPS) is 20.0. The van der Waals surface area contributed by atoms with Crippen LogP contribution in [0.2, 0.25) is 0 Å². The van der Waals surface area contributed by atoms with Crippen molar-refractivity contribution in [2.75, 3.05) is 6.54 Å². The topological polar surface area (TPSA) is 12.0 Å². The van der Waals surface area contributed by atoms with Crippen LogP contribution in [0.5, 0.6) is 0 Å². The first-order valence-electron chi connectivity index (χ1n) is 6.83. The maximum absolute atomic E-state index is 3.76. The molecule has 0 aromatic heterocycles. The van der Waals surface area contributed by atoms with Crippen molar-refractivity contribution in [2.45, 2.75) is 72.3 Å². The van der Waals surface area contributed by atoms with Crippen molar-refractivity contribution in [3.8, 4) is 0 Å². The fourth-order valence-corrected chi connectivity index (χ4v) is 2.31. The van der Waals surface area contributed by atoms with E-state index in [0.29, 0.717) is 5.41 Å². The van der Waals surface area contributed by atoms with E-state index in [-0.39, 0.29) is 0 Å². The van der Waals surface area contributed by atoms with Crippen molar-refractivity contribution >= 4 is 0 Å². The SMILES string of the molecule is CCCNC(CC1CCC1)C(C)(C)CC. The average Bonchev–Trinajstić information content (AvgIpc) is 2.15. The standard InChI is InChI=1S/C14H29N/c1-5-10-15-13(14(3,4)6-2)11-12-8-7-9-12/h12-13,15H,5-11H2,1-4H3. The largest absolute Gasteiger partial charge is 0.313 e. The van der Waals surface area contributed by atoms with Crippen LogP contribution >= 0.6 is 0 Å². The van der Waals surface area contributed by atoms with Crippen molar-refractivity contribution in [1.82, 2.24) is 5.32 Å². The van der Waals surface area contributed by atoms with Gasteiger partial charge in [-0.25, -0.2) is 0 Å².